The fraction of sp³-hybridized carbons (Fsp3) is 0.714. The van der Waals surface area contributed by atoms with E-state index in [9.17, 15) is 0 Å². The zero-order chi connectivity index (χ0) is 14.4. The minimum atomic E-state index is 0.506. The molecule has 20 heavy (non-hydrogen) atoms. The third-order valence-corrected chi connectivity index (χ3v) is 3.65. The van der Waals surface area contributed by atoms with Crippen LogP contribution in [0.1, 0.15) is 25.7 Å². The Hall–Kier alpha value is -1.07. The average Bonchev–Trinajstić information content (AvgIpc) is 2.66. The van der Waals surface area contributed by atoms with Gasteiger partial charge < -0.3 is 15.1 Å². The second kappa shape index (κ2) is 7.64. The van der Waals surface area contributed by atoms with E-state index in [1.807, 2.05) is 20.2 Å². The van der Waals surface area contributed by atoms with Crippen molar-refractivity contribution in [3.05, 3.63) is 11.2 Å². The van der Waals surface area contributed by atoms with Crippen molar-refractivity contribution in [2.24, 2.45) is 0 Å². The summed E-state index contributed by atoms with van der Waals surface area (Å²) in [6.07, 6.45) is 5.07. The maximum atomic E-state index is 6.12. The summed E-state index contributed by atoms with van der Waals surface area (Å²) < 4.78 is 0. The van der Waals surface area contributed by atoms with E-state index < -0.39 is 0 Å². The first-order valence-electron chi connectivity index (χ1n) is 7.33. The number of nitrogens with one attached hydrogen (secondary N) is 1. The van der Waals surface area contributed by atoms with E-state index in [4.69, 9.17) is 11.6 Å². The third-order valence-electron chi connectivity index (χ3n) is 3.45. The second-order valence-corrected chi connectivity index (χ2v) is 5.89. The van der Waals surface area contributed by atoms with E-state index in [-0.39, 0.29) is 0 Å². The maximum Gasteiger partial charge on any atom is 0.226 e. The van der Waals surface area contributed by atoms with Crippen molar-refractivity contribution < 1.29 is 0 Å². The topological polar surface area (TPSA) is 44.3 Å². The molecule has 0 radical (unpaired) electrons. The first-order chi connectivity index (χ1) is 9.65. The molecule has 2 rings (SSSR count). The molecule has 1 N–H and O–H groups in total. The van der Waals surface area contributed by atoms with Gasteiger partial charge in [-0.25, -0.2) is 4.98 Å². The van der Waals surface area contributed by atoms with Gasteiger partial charge in [0.1, 0.15) is 11.0 Å². The monoisotopic (exact) mass is 297 g/mol. The Bertz CT molecular complexity index is 416. The van der Waals surface area contributed by atoms with E-state index in [2.05, 4.69) is 25.1 Å². The van der Waals surface area contributed by atoms with Gasteiger partial charge in [0.15, 0.2) is 0 Å². The van der Waals surface area contributed by atoms with Crippen molar-refractivity contribution in [3.8, 4) is 0 Å². The van der Waals surface area contributed by atoms with Crippen molar-refractivity contribution in [1.29, 1.82) is 0 Å². The number of halogens is 1. The number of hydrogen-bond acceptors (Lipinski definition) is 5. The molecule has 1 aromatic heterocycles. The second-order valence-electron chi connectivity index (χ2n) is 5.50. The third kappa shape index (κ3) is 4.80. The number of hydrogen-bond donors (Lipinski definition) is 1. The summed E-state index contributed by atoms with van der Waals surface area (Å²) in [4.78, 5) is 13.3. The van der Waals surface area contributed by atoms with Crippen LogP contribution < -0.4 is 10.2 Å². The van der Waals surface area contributed by atoms with Crippen molar-refractivity contribution in [2.45, 2.75) is 25.7 Å². The summed E-state index contributed by atoms with van der Waals surface area (Å²) in [5, 5.41) is 3.74. The summed E-state index contributed by atoms with van der Waals surface area (Å²) in [6.45, 7) is 3.87. The first kappa shape index (κ1) is 15.3. The molecule has 112 valence electrons. The van der Waals surface area contributed by atoms with Gasteiger partial charge in [-0.2, -0.15) is 4.98 Å². The standard InChI is InChI=1S/C14H24ClN5/c1-19(2)10-7-16-14-17-12(15)11-13(18-14)20-8-5-3-4-6-9-20/h11H,3-10H2,1-2H3,(H,16,17,18). The minimum absolute atomic E-state index is 0.506. The van der Waals surface area contributed by atoms with Crippen LogP contribution in [0.5, 0.6) is 0 Å². The summed E-state index contributed by atoms with van der Waals surface area (Å²) in [6, 6.07) is 1.87. The lowest BCUT2D eigenvalue weighted by Gasteiger charge is -2.22. The van der Waals surface area contributed by atoms with Crippen molar-refractivity contribution >= 4 is 23.4 Å². The van der Waals surface area contributed by atoms with Gasteiger partial charge >= 0.3 is 0 Å². The van der Waals surface area contributed by atoms with Crippen LogP contribution in [0.3, 0.4) is 0 Å². The molecule has 0 aliphatic carbocycles. The number of nitrogens with zero attached hydrogens (tertiary/aromatic N) is 4. The molecular formula is C14H24ClN5. The Morgan fingerprint density at radius 3 is 2.55 bits per heavy atom. The normalized spacial score (nSPS) is 16.3. The molecule has 5 nitrogen and oxygen atoms in total. The quantitative estimate of drug-likeness (QED) is 0.846. The van der Waals surface area contributed by atoms with Crippen LogP contribution in [0.15, 0.2) is 6.07 Å². The number of likely N-dealkylation sites (N-methyl/N-ethyl adjacent to an activating group) is 1. The first-order valence-corrected chi connectivity index (χ1v) is 7.71. The molecule has 1 aromatic rings. The van der Waals surface area contributed by atoms with E-state index in [0.717, 1.165) is 32.0 Å². The van der Waals surface area contributed by atoms with Crippen molar-refractivity contribution in [2.75, 3.05) is 50.5 Å². The number of rotatable bonds is 5. The highest BCUT2D eigenvalue weighted by Gasteiger charge is 2.13. The van der Waals surface area contributed by atoms with Gasteiger partial charge in [0.05, 0.1) is 0 Å². The number of aromatic nitrogens is 2. The van der Waals surface area contributed by atoms with E-state index >= 15 is 0 Å². The lowest BCUT2D eigenvalue weighted by Crippen LogP contribution is -2.26. The molecule has 0 saturated carbocycles. The smallest absolute Gasteiger partial charge is 0.226 e. The molecule has 0 aromatic carbocycles. The molecule has 0 amide bonds. The van der Waals surface area contributed by atoms with Crippen LogP contribution >= 0.6 is 11.6 Å². The zero-order valence-electron chi connectivity index (χ0n) is 12.4. The Kier molecular flexibility index (Phi) is 5.86. The van der Waals surface area contributed by atoms with E-state index in [1.54, 1.807) is 0 Å². The van der Waals surface area contributed by atoms with Gasteiger partial charge in [-0.1, -0.05) is 24.4 Å². The Morgan fingerprint density at radius 2 is 1.90 bits per heavy atom. The van der Waals surface area contributed by atoms with Gasteiger partial charge in [-0.05, 0) is 26.9 Å². The molecule has 0 unspecified atom stereocenters. The van der Waals surface area contributed by atoms with Crippen LogP contribution in [0.4, 0.5) is 11.8 Å². The van der Waals surface area contributed by atoms with Gasteiger partial charge in [0.2, 0.25) is 5.95 Å². The molecule has 1 aliphatic rings. The predicted molar refractivity (Wildman–Crippen MR) is 84.8 cm³/mol. The molecule has 1 saturated heterocycles. The summed E-state index contributed by atoms with van der Waals surface area (Å²) in [5.74, 6) is 1.57. The Labute approximate surface area is 126 Å². The molecule has 0 atom stereocenters. The number of anilines is 2. The molecular weight excluding hydrogens is 274 g/mol. The zero-order valence-corrected chi connectivity index (χ0v) is 13.2. The van der Waals surface area contributed by atoms with Crippen LogP contribution in [0.2, 0.25) is 5.15 Å². The Morgan fingerprint density at radius 1 is 1.20 bits per heavy atom. The fourth-order valence-electron chi connectivity index (χ4n) is 2.34. The largest absolute Gasteiger partial charge is 0.356 e. The van der Waals surface area contributed by atoms with Gasteiger partial charge in [0, 0.05) is 32.2 Å². The lowest BCUT2D eigenvalue weighted by molar-refractivity contribution is 0.425. The van der Waals surface area contributed by atoms with E-state index in [0.29, 0.717) is 11.1 Å². The summed E-state index contributed by atoms with van der Waals surface area (Å²) in [7, 11) is 4.09. The molecule has 1 aliphatic heterocycles. The predicted octanol–water partition coefficient (Wildman–Crippen LogP) is 2.48. The molecule has 0 bridgehead atoms. The van der Waals surface area contributed by atoms with Gasteiger partial charge in [-0.15, -0.1) is 0 Å². The summed E-state index contributed by atoms with van der Waals surface area (Å²) in [5.41, 5.74) is 0. The van der Waals surface area contributed by atoms with Crippen LogP contribution in [-0.4, -0.2) is 55.1 Å². The van der Waals surface area contributed by atoms with E-state index in [1.165, 1.54) is 25.7 Å². The van der Waals surface area contributed by atoms with Crippen molar-refractivity contribution in [1.82, 2.24) is 14.9 Å². The van der Waals surface area contributed by atoms with Gasteiger partial charge in [-0.3, -0.25) is 0 Å². The van der Waals surface area contributed by atoms with Gasteiger partial charge in [0.25, 0.3) is 0 Å². The average molecular weight is 298 g/mol. The summed E-state index contributed by atoms with van der Waals surface area (Å²) >= 11 is 6.12. The maximum absolute atomic E-state index is 6.12. The lowest BCUT2D eigenvalue weighted by atomic mass is 10.2. The van der Waals surface area contributed by atoms with Crippen molar-refractivity contribution in [3.63, 3.8) is 0 Å². The molecule has 1 fully saturated rings. The highest BCUT2D eigenvalue weighted by molar-refractivity contribution is 6.29. The molecule has 6 heteroatoms. The van der Waals surface area contributed by atoms with Crippen LogP contribution in [0.25, 0.3) is 0 Å². The Balaban J connectivity index is 2.03. The minimum Gasteiger partial charge on any atom is -0.356 e. The molecule has 0 spiro atoms. The van der Waals surface area contributed by atoms with Crippen LogP contribution in [-0.2, 0) is 0 Å². The SMILES string of the molecule is CN(C)CCNc1nc(Cl)cc(N2CCCCCC2)n1. The highest BCUT2D eigenvalue weighted by atomic mass is 35.5. The van der Waals surface area contributed by atoms with Crippen LogP contribution in [0, 0.1) is 0 Å². The molecule has 2 heterocycles. The highest BCUT2D eigenvalue weighted by Crippen LogP contribution is 2.21. The fourth-order valence-corrected chi connectivity index (χ4v) is 2.52.